The number of fused-ring (bicyclic) bond motifs is 3. The van der Waals surface area contributed by atoms with Crippen LogP contribution < -0.4 is 14.5 Å². The van der Waals surface area contributed by atoms with E-state index in [0.29, 0.717) is 11.5 Å². The summed E-state index contributed by atoms with van der Waals surface area (Å²) in [5.41, 5.74) is 12.7. The van der Waals surface area contributed by atoms with Crippen LogP contribution in [0, 0.1) is 24.2 Å². The van der Waals surface area contributed by atoms with Gasteiger partial charge in [0.15, 0.2) is 0 Å². The summed E-state index contributed by atoms with van der Waals surface area (Å²) in [6.45, 7) is 24.9. The monoisotopic (exact) mass is 1100 g/mol. The van der Waals surface area contributed by atoms with E-state index in [1.54, 1.807) is 0 Å². The van der Waals surface area contributed by atoms with Crippen LogP contribution in [0.15, 0.2) is 188 Å². The number of rotatable bonds is 10. The molecule has 0 saturated carbocycles. The average molecular weight is 1100 g/mol. The minimum Gasteiger partial charge on any atom is -0.509 e. The molecule has 0 atom stereocenters. The SMILES string of the molecule is CC(C)(C)C1=CN(c2[c-]c(Oc3[c-]c4c(cc3)c3cc(-c5ccccc5)ccc3n4-c3cc(C(C)(C)c4ccccc4)ccn3)cc(C(C)(C)c3ccccc3)c2)[CH-]N1c1cccc(C(C)(C)C)c1.[Pt]. The standard InChI is InChI=1S/C64H61N4O.Pt/c1-61(2,3)48-27-20-28-51(36-48)67-43-66(42-59(67)62(4,5)6)52-37-50(64(9,10)47-25-18-13-19-26-47)38-54(40-52)69-53-30-31-55-56-35-45(44-21-14-11-15-22-44)29-32-57(56)68(58(55)41-53)60-39-49(33-34-65-60)63(7,8)46-23-16-12-17-24-46;/h11-39,42-43H,1-10H3;/q-3;. The first-order valence-electron chi connectivity index (χ1n) is 24.1. The fourth-order valence-electron chi connectivity index (χ4n) is 9.64. The van der Waals surface area contributed by atoms with E-state index >= 15 is 0 Å². The van der Waals surface area contributed by atoms with E-state index in [4.69, 9.17) is 9.72 Å². The Balaban J connectivity index is 0.00000608. The summed E-state index contributed by atoms with van der Waals surface area (Å²) in [7, 11) is 0. The number of allylic oxidation sites excluding steroid dienone is 1. The molecule has 70 heavy (non-hydrogen) atoms. The number of ether oxygens (including phenoxy) is 1. The van der Waals surface area contributed by atoms with Crippen LogP contribution in [-0.4, -0.2) is 9.55 Å². The maximum absolute atomic E-state index is 7.01. The van der Waals surface area contributed by atoms with E-state index < -0.39 is 0 Å². The molecule has 0 bridgehead atoms. The molecule has 7 aromatic carbocycles. The second kappa shape index (κ2) is 18.6. The number of benzene rings is 7. The van der Waals surface area contributed by atoms with Gasteiger partial charge in [-0.25, -0.2) is 4.98 Å². The van der Waals surface area contributed by atoms with Crippen LogP contribution in [0.5, 0.6) is 11.5 Å². The summed E-state index contributed by atoms with van der Waals surface area (Å²) in [6.07, 6.45) is 4.18. The molecule has 0 radical (unpaired) electrons. The van der Waals surface area contributed by atoms with Crippen molar-refractivity contribution < 1.29 is 25.8 Å². The summed E-state index contributed by atoms with van der Waals surface area (Å²) in [5.74, 6) is 2.01. The van der Waals surface area contributed by atoms with Gasteiger partial charge in [-0.05, 0) is 86.1 Å². The molecule has 6 heteroatoms. The predicted octanol–water partition coefficient (Wildman–Crippen LogP) is 16.5. The van der Waals surface area contributed by atoms with Crippen molar-refractivity contribution in [2.24, 2.45) is 5.41 Å². The van der Waals surface area contributed by atoms with Crippen LogP contribution in [-0.2, 0) is 37.3 Å². The molecule has 0 amide bonds. The molecule has 2 aromatic heterocycles. The molecular formula is C64H61N4OPt-3. The first-order valence-corrected chi connectivity index (χ1v) is 24.1. The molecule has 0 spiro atoms. The smallest absolute Gasteiger partial charge is 0.135 e. The molecule has 5 nitrogen and oxygen atoms in total. The number of pyridine rings is 1. The van der Waals surface area contributed by atoms with E-state index in [-0.39, 0.29) is 42.7 Å². The summed E-state index contributed by atoms with van der Waals surface area (Å²) in [6, 6.07) is 68.0. The van der Waals surface area contributed by atoms with Crippen LogP contribution >= 0.6 is 0 Å². The zero-order chi connectivity index (χ0) is 48.3. The number of nitrogens with zero attached hydrogens (tertiary/aromatic N) is 4. The predicted molar refractivity (Wildman–Crippen MR) is 287 cm³/mol. The van der Waals surface area contributed by atoms with Gasteiger partial charge in [0.05, 0.1) is 0 Å². The molecule has 356 valence electrons. The molecule has 0 N–H and O–H groups in total. The molecular weight excluding hydrogens is 1040 g/mol. The summed E-state index contributed by atoms with van der Waals surface area (Å²) < 4.78 is 9.25. The second-order valence-electron chi connectivity index (χ2n) is 21.6. The third-order valence-electron chi connectivity index (χ3n) is 14.0. The van der Waals surface area contributed by atoms with Gasteiger partial charge in [0, 0.05) is 66.5 Å². The Morgan fingerprint density at radius 3 is 1.80 bits per heavy atom. The summed E-state index contributed by atoms with van der Waals surface area (Å²) >= 11 is 0. The molecule has 0 fully saturated rings. The normalized spacial score (nSPS) is 13.4. The average Bonchev–Trinajstić information content (AvgIpc) is 3.95. The first kappa shape index (κ1) is 48.3. The Hall–Kier alpha value is -6.68. The van der Waals surface area contributed by atoms with E-state index in [0.717, 1.165) is 50.1 Å². The molecule has 9 aromatic rings. The second-order valence-corrected chi connectivity index (χ2v) is 21.6. The zero-order valence-electron chi connectivity index (χ0n) is 41.9. The Bertz CT molecular complexity index is 3360. The molecule has 0 saturated heterocycles. The van der Waals surface area contributed by atoms with Crippen molar-refractivity contribution in [2.45, 2.75) is 85.5 Å². The molecule has 1 aliphatic heterocycles. The summed E-state index contributed by atoms with van der Waals surface area (Å²) in [5, 5.41) is 2.18. The maximum Gasteiger partial charge on any atom is 0.135 e. The van der Waals surface area contributed by atoms with Crippen molar-refractivity contribution in [1.82, 2.24) is 9.55 Å². The summed E-state index contributed by atoms with van der Waals surface area (Å²) in [4.78, 5) is 9.58. The fraction of sp³-hybridized carbons (Fsp3) is 0.219. The Kier molecular flexibility index (Phi) is 12.8. The topological polar surface area (TPSA) is 33.5 Å². The van der Waals surface area contributed by atoms with Crippen molar-refractivity contribution in [2.75, 3.05) is 9.80 Å². The largest absolute Gasteiger partial charge is 0.509 e. The van der Waals surface area contributed by atoms with Gasteiger partial charge in [0.25, 0.3) is 0 Å². The third-order valence-corrected chi connectivity index (χ3v) is 14.0. The Morgan fingerprint density at radius 1 is 0.500 bits per heavy atom. The van der Waals surface area contributed by atoms with Gasteiger partial charge in [0.2, 0.25) is 0 Å². The molecule has 1 aliphatic rings. The molecule has 3 heterocycles. The zero-order valence-corrected chi connectivity index (χ0v) is 44.2. The van der Waals surface area contributed by atoms with Gasteiger partial charge in [-0.15, -0.1) is 53.6 Å². The van der Waals surface area contributed by atoms with Crippen LogP contribution in [0.2, 0.25) is 0 Å². The Morgan fingerprint density at radius 2 is 1.14 bits per heavy atom. The van der Waals surface area contributed by atoms with Crippen molar-refractivity contribution >= 4 is 33.2 Å². The van der Waals surface area contributed by atoms with Gasteiger partial charge >= 0.3 is 0 Å². The van der Waals surface area contributed by atoms with Crippen molar-refractivity contribution in [1.29, 1.82) is 0 Å². The van der Waals surface area contributed by atoms with Crippen LogP contribution in [0.1, 0.15) is 97.1 Å². The number of hydrogen-bond acceptors (Lipinski definition) is 4. The van der Waals surface area contributed by atoms with Crippen molar-refractivity contribution in [3.05, 3.63) is 235 Å². The number of aromatic nitrogens is 2. The maximum atomic E-state index is 7.01. The quantitative estimate of drug-likeness (QED) is 0.128. The number of anilines is 2. The van der Waals surface area contributed by atoms with Gasteiger partial charge in [0.1, 0.15) is 5.82 Å². The van der Waals surface area contributed by atoms with Crippen LogP contribution in [0.4, 0.5) is 11.4 Å². The van der Waals surface area contributed by atoms with E-state index in [2.05, 4.69) is 272 Å². The molecule has 0 aliphatic carbocycles. The van der Waals surface area contributed by atoms with Crippen LogP contribution in [0.25, 0.3) is 38.8 Å². The Labute approximate surface area is 429 Å². The van der Waals surface area contributed by atoms with E-state index in [1.807, 2.05) is 12.3 Å². The van der Waals surface area contributed by atoms with Gasteiger partial charge in [-0.3, -0.25) is 0 Å². The minimum atomic E-state index is -0.360. The van der Waals surface area contributed by atoms with Crippen molar-refractivity contribution in [3.8, 4) is 28.4 Å². The fourth-order valence-corrected chi connectivity index (χ4v) is 9.64. The van der Waals surface area contributed by atoms with Gasteiger partial charge in [-0.2, -0.15) is 6.07 Å². The van der Waals surface area contributed by atoms with E-state index in [1.165, 1.54) is 33.5 Å². The molecule has 0 unspecified atom stereocenters. The minimum absolute atomic E-state index is 0. The van der Waals surface area contributed by atoms with Gasteiger partial charge in [-0.1, -0.05) is 190 Å². The first-order chi connectivity index (χ1) is 32.9. The van der Waals surface area contributed by atoms with Gasteiger partial charge < -0.3 is 19.1 Å². The molecule has 10 rings (SSSR count). The van der Waals surface area contributed by atoms with E-state index in [9.17, 15) is 0 Å². The number of hydrogen-bond donors (Lipinski definition) is 0. The third kappa shape index (κ3) is 9.25. The van der Waals surface area contributed by atoms with Crippen molar-refractivity contribution in [3.63, 3.8) is 0 Å². The van der Waals surface area contributed by atoms with Crippen LogP contribution in [0.3, 0.4) is 0 Å².